The van der Waals surface area contributed by atoms with Crippen molar-refractivity contribution >= 4 is 0 Å². The van der Waals surface area contributed by atoms with E-state index >= 15 is 0 Å². The van der Waals surface area contributed by atoms with Gasteiger partial charge in [0.15, 0.2) is 0 Å². The lowest BCUT2D eigenvalue weighted by molar-refractivity contribution is 0.467. The van der Waals surface area contributed by atoms with Crippen molar-refractivity contribution in [1.29, 1.82) is 5.26 Å². The Hall–Kier alpha value is -1.40. The van der Waals surface area contributed by atoms with Gasteiger partial charge in [0.05, 0.1) is 6.07 Å². The van der Waals surface area contributed by atoms with E-state index in [0.29, 0.717) is 6.42 Å². The van der Waals surface area contributed by atoms with Crippen molar-refractivity contribution in [3.8, 4) is 6.07 Å². The highest BCUT2D eigenvalue weighted by Crippen LogP contribution is 2.20. The largest absolute Gasteiger partial charge is 0.316 e. The van der Waals surface area contributed by atoms with Gasteiger partial charge in [-0.25, -0.2) is 0 Å². The predicted octanol–water partition coefficient (Wildman–Crippen LogP) is 2.25. The Morgan fingerprint density at radius 2 is 2.06 bits per heavy atom. The third-order valence-electron chi connectivity index (χ3n) is 2.67. The quantitative estimate of drug-likeness (QED) is 0.743. The van der Waals surface area contributed by atoms with E-state index in [1.807, 2.05) is 12.4 Å². The molecule has 0 spiro atoms. The van der Waals surface area contributed by atoms with Crippen molar-refractivity contribution in [1.82, 2.24) is 10.3 Å². The van der Waals surface area contributed by atoms with Crippen LogP contribution in [0.2, 0.25) is 0 Å². The Bertz CT molecular complexity index is 338. The molecular weight excluding hydrogens is 198 g/mol. The molecule has 1 aromatic rings. The van der Waals surface area contributed by atoms with Crippen molar-refractivity contribution in [3.63, 3.8) is 0 Å². The average Bonchev–Trinajstić information content (AvgIpc) is 2.30. The minimum atomic E-state index is 0.107. The van der Waals surface area contributed by atoms with Gasteiger partial charge in [-0.1, -0.05) is 13.8 Å². The van der Waals surface area contributed by atoms with Crippen LogP contribution in [0.1, 0.15) is 32.3 Å². The van der Waals surface area contributed by atoms with E-state index in [-0.39, 0.29) is 5.41 Å². The summed E-state index contributed by atoms with van der Waals surface area (Å²) in [4.78, 5) is 4.02. The van der Waals surface area contributed by atoms with Crippen LogP contribution in [0.25, 0.3) is 0 Å². The smallest absolute Gasteiger partial charge is 0.0622 e. The SMILES string of the molecule is CC(C)(CNCCCC#N)c1ccncc1. The lowest BCUT2D eigenvalue weighted by Gasteiger charge is -2.25. The zero-order chi connectivity index (χ0) is 11.9. The topological polar surface area (TPSA) is 48.7 Å². The van der Waals surface area contributed by atoms with Crippen LogP contribution >= 0.6 is 0 Å². The van der Waals surface area contributed by atoms with E-state index in [1.165, 1.54) is 5.56 Å². The van der Waals surface area contributed by atoms with Crippen LogP contribution in [0, 0.1) is 11.3 Å². The molecule has 86 valence electrons. The van der Waals surface area contributed by atoms with Crippen molar-refractivity contribution in [3.05, 3.63) is 30.1 Å². The number of pyridine rings is 1. The maximum Gasteiger partial charge on any atom is 0.0622 e. The number of nitrogens with one attached hydrogen (secondary N) is 1. The van der Waals surface area contributed by atoms with Crippen LogP contribution in [0.5, 0.6) is 0 Å². The van der Waals surface area contributed by atoms with Crippen LogP contribution in [-0.4, -0.2) is 18.1 Å². The molecule has 0 aliphatic heterocycles. The Morgan fingerprint density at radius 1 is 1.38 bits per heavy atom. The van der Waals surface area contributed by atoms with Crippen LogP contribution in [0.4, 0.5) is 0 Å². The summed E-state index contributed by atoms with van der Waals surface area (Å²) >= 11 is 0. The second kappa shape index (κ2) is 6.24. The molecule has 3 heteroatoms. The van der Waals surface area contributed by atoms with Gasteiger partial charge in [-0.2, -0.15) is 5.26 Å². The third kappa shape index (κ3) is 4.00. The van der Waals surface area contributed by atoms with E-state index in [0.717, 1.165) is 19.5 Å². The van der Waals surface area contributed by atoms with Crippen LogP contribution < -0.4 is 5.32 Å². The summed E-state index contributed by atoms with van der Waals surface area (Å²) in [6.45, 7) is 6.24. The van der Waals surface area contributed by atoms with E-state index in [1.54, 1.807) is 0 Å². The van der Waals surface area contributed by atoms with Crippen LogP contribution in [0.3, 0.4) is 0 Å². The number of rotatable bonds is 6. The lowest BCUT2D eigenvalue weighted by Crippen LogP contribution is -2.33. The first-order valence-electron chi connectivity index (χ1n) is 5.65. The van der Waals surface area contributed by atoms with Crippen molar-refractivity contribution in [2.45, 2.75) is 32.1 Å². The van der Waals surface area contributed by atoms with Crippen molar-refractivity contribution < 1.29 is 0 Å². The van der Waals surface area contributed by atoms with Crippen molar-refractivity contribution in [2.75, 3.05) is 13.1 Å². The minimum absolute atomic E-state index is 0.107. The Morgan fingerprint density at radius 3 is 2.69 bits per heavy atom. The summed E-state index contributed by atoms with van der Waals surface area (Å²) in [6.07, 6.45) is 5.20. The molecule has 1 aromatic heterocycles. The molecule has 0 saturated heterocycles. The average molecular weight is 217 g/mol. The number of nitrogens with zero attached hydrogens (tertiary/aromatic N) is 2. The van der Waals surface area contributed by atoms with Gasteiger partial charge < -0.3 is 5.32 Å². The summed E-state index contributed by atoms with van der Waals surface area (Å²) in [5, 5.41) is 11.8. The summed E-state index contributed by atoms with van der Waals surface area (Å²) in [5.74, 6) is 0. The molecule has 1 N–H and O–H groups in total. The summed E-state index contributed by atoms with van der Waals surface area (Å²) < 4.78 is 0. The molecule has 0 atom stereocenters. The first kappa shape index (κ1) is 12.7. The summed E-state index contributed by atoms with van der Waals surface area (Å²) in [5.41, 5.74) is 1.39. The fourth-order valence-corrected chi connectivity index (χ4v) is 1.60. The molecule has 0 aromatic carbocycles. The van der Waals surface area contributed by atoms with Gasteiger partial charge in [-0.05, 0) is 30.7 Å². The van der Waals surface area contributed by atoms with Gasteiger partial charge in [0.25, 0.3) is 0 Å². The summed E-state index contributed by atoms with van der Waals surface area (Å²) in [6, 6.07) is 6.25. The second-order valence-electron chi connectivity index (χ2n) is 4.56. The minimum Gasteiger partial charge on any atom is -0.316 e. The molecule has 0 bridgehead atoms. The van der Waals surface area contributed by atoms with E-state index in [4.69, 9.17) is 5.26 Å². The molecule has 1 rings (SSSR count). The summed E-state index contributed by atoms with van der Waals surface area (Å²) in [7, 11) is 0. The first-order chi connectivity index (χ1) is 7.67. The molecule has 0 unspecified atom stereocenters. The van der Waals surface area contributed by atoms with Crippen molar-refractivity contribution in [2.24, 2.45) is 0 Å². The van der Waals surface area contributed by atoms with Gasteiger partial charge in [0, 0.05) is 30.8 Å². The monoisotopic (exact) mass is 217 g/mol. The molecule has 0 aliphatic carbocycles. The maximum absolute atomic E-state index is 8.42. The first-order valence-corrected chi connectivity index (χ1v) is 5.65. The Kier molecular flexibility index (Phi) is 4.94. The maximum atomic E-state index is 8.42. The molecule has 0 amide bonds. The molecule has 0 aliphatic rings. The van der Waals surface area contributed by atoms with E-state index in [9.17, 15) is 0 Å². The van der Waals surface area contributed by atoms with Gasteiger partial charge in [0.1, 0.15) is 0 Å². The van der Waals surface area contributed by atoms with Gasteiger partial charge in [-0.15, -0.1) is 0 Å². The lowest BCUT2D eigenvalue weighted by atomic mass is 9.85. The zero-order valence-electron chi connectivity index (χ0n) is 10.0. The molecule has 0 radical (unpaired) electrons. The number of aromatic nitrogens is 1. The number of nitriles is 1. The fraction of sp³-hybridized carbons (Fsp3) is 0.538. The molecule has 1 heterocycles. The molecular formula is C13H19N3. The third-order valence-corrected chi connectivity index (χ3v) is 2.67. The van der Waals surface area contributed by atoms with Crippen LogP contribution in [-0.2, 0) is 5.41 Å². The van der Waals surface area contributed by atoms with Gasteiger partial charge in [-0.3, -0.25) is 4.98 Å². The highest BCUT2D eigenvalue weighted by Gasteiger charge is 2.19. The molecule has 16 heavy (non-hydrogen) atoms. The predicted molar refractivity (Wildman–Crippen MR) is 65.0 cm³/mol. The fourth-order valence-electron chi connectivity index (χ4n) is 1.60. The highest BCUT2D eigenvalue weighted by molar-refractivity contribution is 5.20. The number of unbranched alkanes of at least 4 members (excludes halogenated alkanes) is 1. The van der Waals surface area contributed by atoms with Crippen LogP contribution in [0.15, 0.2) is 24.5 Å². The van der Waals surface area contributed by atoms with E-state index < -0.39 is 0 Å². The molecule has 0 saturated carbocycles. The number of hydrogen-bond acceptors (Lipinski definition) is 3. The van der Waals surface area contributed by atoms with Gasteiger partial charge in [0.2, 0.25) is 0 Å². The Balaban J connectivity index is 2.38. The molecule has 3 nitrogen and oxygen atoms in total. The second-order valence-corrected chi connectivity index (χ2v) is 4.56. The highest BCUT2D eigenvalue weighted by atomic mass is 14.9. The van der Waals surface area contributed by atoms with E-state index in [2.05, 4.69) is 42.4 Å². The normalized spacial score (nSPS) is 11.1. The number of hydrogen-bond donors (Lipinski definition) is 1. The van der Waals surface area contributed by atoms with Gasteiger partial charge >= 0.3 is 0 Å². The molecule has 0 fully saturated rings. The Labute approximate surface area is 97.5 Å². The zero-order valence-corrected chi connectivity index (χ0v) is 10.0. The standard InChI is InChI=1S/C13H19N3/c1-13(2,11-16-8-4-3-7-14)12-5-9-15-10-6-12/h5-6,9-10,16H,3-4,8,11H2,1-2H3.